The van der Waals surface area contributed by atoms with Gasteiger partial charge in [0.2, 0.25) is 10.0 Å². The third-order valence-electron chi connectivity index (χ3n) is 6.76. The highest BCUT2D eigenvalue weighted by Crippen LogP contribution is 2.54. The molecule has 1 aromatic heterocycles. The number of fused-ring (bicyclic) bond motifs is 2. The number of aromatic nitrogens is 2. The smallest absolute Gasteiger partial charge is 0.208 e. The van der Waals surface area contributed by atoms with Crippen LogP contribution in [-0.4, -0.2) is 67.2 Å². The summed E-state index contributed by atoms with van der Waals surface area (Å²) in [5, 5.41) is 8.26. The largest absolute Gasteiger partial charge is 0.370 e. The summed E-state index contributed by atoms with van der Waals surface area (Å²) in [7, 11) is -3.16. The van der Waals surface area contributed by atoms with Gasteiger partial charge >= 0.3 is 0 Å². The van der Waals surface area contributed by atoms with Crippen molar-refractivity contribution in [2.45, 2.75) is 50.6 Å². The molecule has 8 nitrogen and oxygen atoms in total. The Morgan fingerprint density at radius 1 is 1.41 bits per heavy atom. The van der Waals surface area contributed by atoms with Gasteiger partial charge in [0.1, 0.15) is 0 Å². The Kier molecular flexibility index (Phi) is 6.90. The summed E-state index contributed by atoms with van der Waals surface area (Å²) >= 11 is 0. The van der Waals surface area contributed by atoms with E-state index in [0.29, 0.717) is 12.5 Å². The van der Waals surface area contributed by atoms with Gasteiger partial charge in [-0.2, -0.15) is 5.10 Å². The second kappa shape index (κ2) is 8.61. The van der Waals surface area contributed by atoms with Crippen molar-refractivity contribution in [1.82, 2.24) is 24.7 Å². The molecule has 0 saturated carbocycles. The molecule has 11 heteroatoms. The van der Waals surface area contributed by atoms with Gasteiger partial charge in [-0.05, 0) is 31.9 Å². The third kappa shape index (κ3) is 4.46. The Morgan fingerprint density at radius 2 is 2.24 bits per heavy atom. The highest BCUT2D eigenvalue weighted by molar-refractivity contribution is 7.88. The molecular formula is C18H31Cl2N5O3S. The number of halogens is 2. The van der Waals surface area contributed by atoms with E-state index in [2.05, 4.69) is 25.7 Å². The van der Waals surface area contributed by atoms with Crippen LogP contribution in [0, 0.1) is 11.8 Å². The molecule has 2 N–H and O–H groups in total. The molecule has 5 rings (SSSR count). The van der Waals surface area contributed by atoms with Gasteiger partial charge in [0.05, 0.1) is 29.3 Å². The fraction of sp³-hybridized carbons (Fsp3) is 0.833. The number of ether oxygens (including phenoxy) is 1. The van der Waals surface area contributed by atoms with Crippen molar-refractivity contribution in [1.29, 1.82) is 0 Å². The van der Waals surface area contributed by atoms with Crippen LogP contribution in [0.2, 0.25) is 0 Å². The number of hydrogen-bond donors (Lipinski definition) is 2. The standard InChI is InChI=1S/C18H29N5O3S.2ClH/c1-27(24,25)20-9-15-16-11-22(12-18(16)4-3-17(15)26-18)10-13-7-14-8-19-5-2-6-23(14)21-13;;/h7,15-17,19-20H,2-6,8-12H2,1H3;2*1H/t15-,16+,17+,18+;;/m0../s1. The lowest BCUT2D eigenvalue weighted by atomic mass is 9.74. The maximum atomic E-state index is 11.5. The first-order valence-corrected chi connectivity index (χ1v) is 11.9. The number of rotatable bonds is 5. The molecule has 2 bridgehead atoms. The van der Waals surface area contributed by atoms with Crippen LogP contribution in [0.3, 0.4) is 0 Å². The molecule has 0 aromatic carbocycles. The Labute approximate surface area is 185 Å². The van der Waals surface area contributed by atoms with E-state index in [4.69, 9.17) is 9.84 Å². The van der Waals surface area contributed by atoms with Crippen LogP contribution >= 0.6 is 24.8 Å². The number of likely N-dealkylation sites (tertiary alicyclic amines) is 1. The number of nitrogens with zero attached hydrogens (tertiary/aromatic N) is 3. The molecule has 4 aliphatic heterocycles. The fourth-order valence-electron chi connectivity index (χ4n) is 5.66. The van der Waals surface area contributed by atoms with Gasteiger partial charge in [0.25, 0.3) is 0 Å². The van der Waals surface area contributed by atoms with Crippen molar-refractivity contribution in [3.8, 4) is 0 Å². The summed E-state index contributed by atoms with van der Waals surface area (Å²) < 4.78 is 34.3. The van der Waals surface area contributed by atoms with Crippen molar-refractivity contribution in [3.63, 3.8) is 0 Å². The molecule has 29 heavy (non-hydrogen) atoms. The molecule has 3 fully saturated rings. The number of hydrogen-bond acceptors (Lipinski definition) is 6. The topological polar surface area (TPSA) is 88.5 Å². The van der Waals surface area contributed by atoms with Crippen molar-refractivity contribution >= 4 is 34.8 Å². The normalized spacial score (nSPS) is 33.5. The third-order valence-corrected chi connectivity index (χ3v) is 7.46. The van der Waals surface area contributed by atoms with E-state index in [9.17, 15) is 8.42 Å². The second-order valence-corrected chi connectivity index (χ2v) is 10.5. The minimum absolute atomic E-state index is 0. The van der Waals surface area contributed by atoms with E-state index in [0.717, 1.165) is 64.2 Å². The number of sulfonamides is 1. The van der Waals surface area contributed by atoms with E-state index < -0.39 is 10.0 Å². The van der Waals surface area contributed by atoms with Gasteiger partial charge < -0.3 is 10.1 Å². The van der Waals surface area contributed by atoms with Crippen LogP contribution in [0.15, 0.2) is 6.07 Å². The molecule has 0 unspecified atom stereocenters. The molecule has 5 heterocycles. The zero-order valence-corrected chi connectivity index (χ0v) is 19.1. The molecule has 0 aliphatic carbocycles. The summed E-state index contributed by atoms with van der Waals surface area (Å²) in [6, 6.07) is 2.23. The SMILES string of the molecule is CS(=O)(=O)NC[C@H]1[C@H]2CN(Cc3cc4n(n3)CCCNC4)C[C@]23CC[C@H]1O3.Cl.Cl. The summed E-state index contributed by atoms with van der Waals surface area (Å²) in [5.41, 5.74) is 2.32. The molecule has 4 atom stereocenters. The zero-order chi connectivity index (χ0) is 18.6. The van der Waals surface area contributed by atoms with Crippen LogP contribution in [0.25, 0.3) is 0 Å². The average molecular weight is 468 g/mol. The van der Waals surface area contributed by atoms with E-state index in [1.54, 1.807) is 0 Å². The molecule has 166 valence electrons. The van der Waals surface area contributed by atoms with E-state index in [-0.39, 0.29) is 42.4 Å². The maximum Gasteiger partial charge on any atom is 0.208 e. The van der Waals surface area contributed by atoms with Gasteiger partial charge in [-0.25, -0.2) is 13.1 Å². The van der Waals surface area contributed by atoms with Crippen LogP contribution in [0.5, 0.6) is 0 Å². The van der Waals surface area contributed by atoms with Gasteiger partial charge in [0, 0.05) is 51.1 Å². The first-order valence-electron chi connectivity index (χ1n) is 10.0. The van der Waals surface area contributed by atoms with Gasteiger partial charge in [-0.15, -0.1) is 24.8 Å². The first-order chi connectivity index (χ1) is 12.9. The Balaban J connectivity index is 0.00000120. The van der Waals surface area contributed by atoms with E-state index >= 15 is 0 Å². The Morgan fingerprint density at radius 3 is 3.03 bits per heavy atom. The molecule has 1 spiro atoms. The maximum absolute atomic E-state index is 11.5. The minimum atomic E-state index is -3.16. The van der Waals surface area contributed by atoms with Crippen LogP contribution < -0.4 is 10.0 Å². The van der Waals surface area contributed by atoms with Crippen LogP contribution in [0.4, 0.5) is 0 Å². The lowest BCUT2D eigenvalue weighted by molar-refractivity contribution is 0.00210. The highest BCUT2D eigenvalue weighted by atomic mass is 35.5. The summed E-state index contributed by atoms with van der Waals surface area (Å²) in [6.07, 6.45) is 4.70. The van der Waals surface area contributed by atoms with Crippen LogP contribution in [0.1, 0.15) is 30.7 Å². The molecular weight excluding hydrogens is 437 g/mol. The number of aryl methyl sites for hydroxylation is 1. The lowest BCUT2D eigenvalue weighted by Gasteiger charge is -2.29. The number of nitrogens with one attached hydrogen (secondary N) is 2. The van der Waals surface area contributed by atoms with E-state index in [1.807, 2.05) is 0 Å². The monoisotopic (exact) mass is 467 g/mol. The van der Waals surface area contributed by atoms with Crippen molar-refractivity contribution in [3.05, 3.63) is 17.5 Å². The predicted molar refractivity (Wildman–Crippen MR) is 115 cm³/mol. The molecule has 3 saturated heterocycles. The minimum Gasteiger partial charge on any atom is -0.370 e. The molecule has 4 aliphatic rings. The molecule has 1 aromatic rings. The van der Waals surface area contributed by atoms with Crippen molar-refractivity contribution < 1.29 is 13.2 Å². The Bertz CT molecular complexity index is 812. The summed E-state index contributed by atoms with van der Waals surface area (Å²) in [6.45, 7) is 6.17. The Hall–Kier alpha value is -0.420. The zero-order valence-electron chi connectivity index (χ0n) is 16.7. The van der Waals surface area contributed by atoms with Gasteiger partial charge in [0.15, 0.2) is 0 Å². The second-order valence-electron chi connectivity index (χ2n) is 8.70. The summed E-state index contributed by atoms with van der Waals surface area (Å²) in [5.74, 6) is 0.689. The fourth-order valence-corrected chi connectivity index (χ4v) is 6.15. The van der Waals surface area contributed by atoms with E-state index in [1.165, 1.54) is 11.9 Å². The lowest BCUT2D eigenvalue weighted by Crippen LogP contribution is -2.41. The highest BCUT2D eigenvalue weighted by Gasteiger charge is 2.62. The van der Waals surface area contributed by atoms with Gasteiger partial charge in [-0.1, -0.05) is 0 Å². The first kappa shape index (κ1) is 23.2. The quantitative estimate of drug-likeness (QED) is 0.663. The summed E-state index contributed by atoms with van der Waals surface area (Å²) in [4.78, 5) is 2.45. The van der Waals surface area contributed by atoms with Crippen molar-refractivity contribution in [2.75, 3.05) is 32.4 Å². The average Bonchev–Trinajstić information content (AvgIpc) is 3.29. The van der Waals surface area contributed by atoms with Crippen molar-refractivity contribution in [2.24, 2.45) is 11.8 Å². The van der Waals surface area contributed by atoms with Gasteiger partial charge in [-0.3, -0.25) is 9.58 Å². The van der Waals surface area contributed by atoms with Crippen LogP contribution in [-0.2, 0) is 34.4 Å². The predicted octanol–water partition coefficient (Wildman–Crippen LogP) is 0.749. The molecule has 0 amide bonds. The molecule has 0 radical (unpaired) electrons.